The summed E-state index contributed by atoms with van der Waals surface area (Å²) >= 11 is 11.7. The van der Waals surface area contributed by atoms with Crippen LogP contribution in [-0.2, 0) is 0 Å². The van der Waals surface area contributed by atoms with Gasteiger partial charge in [0.15, 0.2) is 0 Å². The van der Waals surface area contributed by atoms with Gasteiger partial charge in [0.2, 0.25) is 0 Å². The molecule has 0 radical (unpaired) electrons. The van der Waals surface area contributed by atoms with E-state index in [-0.39, 0.29) is 0 Å². The molecule has 0 unspecified atom stereocenters. The summed E-state index contributed by atoms with van der Waals surface area (Å²) in [5.74, 6) is 0. The molecule has 1 aromatic heterocycles. The van der Waals surface area contributed by atoms with Crippen LogP contribution in [0.1, 0.15) is 0 Å². The summed E-state index contributed by atoms with van der Waals surface area (Å²) in [6.07, 6.45) is 1.84. The predicted molar refractivity (Wildman–Crippen MR) is 48.3 cm³/mol. The quantitative estimate of drug-likeness (QED) is 0.648. The Balaban J connectivity index is 2.93. The molecule has 1 heterocycles. The summed E-state index contributed by atoms with van der Waals surface area (Å²) in [6, 6.07) is 5.68. The Morgan fingerprint density at radius 3 is 2.73 bits per heavy atom. The summed E-state index contributed by atoms with van der Waals surface area (Å²) in [6.45, 7) is 0. The van der Waals surface area contributed by atoms with Gasteiger partial charge in [-0.3, -0.25) is 0 Å². The molecule has 0 atom stereocenters. The van der Waals surface area contributed by atoms with Crippen molar-refractivity contribution in [1.29, 1.82) is 0 Å². The predicted octanol–water partition coefficient (Wildman–Crippen LogP) is 3.47. The molecule has 2 aromatic rings. The van der Waals surface area contributed by atoms with Crippen molar-refractivity contribution in [2.75, 3.05) is 0 Å². The molecular formula is C8H5Cl2N. The van der Waals surface area contributed by atoms with E-state index in [0.29, 0.717) is 10.0 Å². The molecule has 0 amide bonds. The third-order valence-electron chi connectivity index (χ3n) is 1.62. The number of benzene rings is 1. The van der Waals surface area contributed by atoms with E-state index in [1.165, 1.54) is 0 Å². The molecule has 0 saturated carbocycles. The largest absolute Gasteiger partial charge is 0.360 e. The van der Waals surface area contributed by atoms with Crippen LogP contribution in [0.25, 0.3) is 10.9 Å². The number of fused-ring (bicyclic) bond motifs is 1. The van der Waals surface area contributed by atoms with Crippen molar-refractivity contribution in [3.05, 3.63) is 34.4 Å². The molecule has 1 aromatic carbocycles. The van der Waals surface area contributed by atoms with Crippen molar-refractivity contribution >= 4 is 34.1 Å². The molecule has 3 heteroatoms. The first-order chi connectivity index (χ1) is 5.29. The van der Waals surface area contributed by atoms with E-state index in [4.69, 9.17) is 23.2 Å². The number of aromatic amines is 1. The molecule has 0 aliphatic carbocycles. The zero-order chi connectivity index (χ0) is 7.84. The molecule has 1 nitrogen and oxygen atoms in total. The Kier molecular flexibility index (Phi) is 1.55. The Hall–Kier alpha value is -0.660. The van der Waals surface area contributed by atoms with Gasteiger partial charge < -0.3 is 4.98 Å². The van der Waals surface area contributed by atoms with Crippen LogP contribution in [0.2, 0.25) is 10.0 Å². The second kappa shape index (κ2) is 2.43. The molecule has 11 heavy (non-hydrogen) atoms. The zero-order valence-corrected chi connectivity index (χ0v) is 7.08. The van der Waals surface area contributed by atoms with E-state index in [9.17, 15) is 0 Å². The highest BCUT2D eigenvalue weighted by atomic mass is 35.5. The fraction of sp³-hybridized carbons (Fsp3) is 0. The standard InChI is InChI=1S/C8H5Cl2N/c9-6-2-1-5-3-4-11-8(5)7(6)10/h1-4,11H. The summed E-state index contributed by atoms with van der Waals surface area (Å²) in [5, 5.41) is 2.26. The lowest BCUT2D eigenvalue weighted by Gasteiger charge is -1.95. The topological polar surface area (TPSA) is 15.8 Å². The minimum atomic E-state index is 0.585. The maximum Gasteiger partial charge on any atom is 0.0833 e. The fourth-order valence-corrected chi connectivity index (χ4v) is 1.45. The molecule has 0 fully saturated rings. The van der Waals surface area contributed by atoms with Gasteiger partial charge in [-0.2, -0.15) is 0 Å². The third kappa shape index (κ3) is 1.01. The summed E-state index contributed by atoms with van der Waals surface area (Å²) in [4.78, 5) is 3.01. The highest BCUT2D eigenvalue weighted by Gasteiger charge is 2.02. The highest BCUT2D eigenvalue weighted by Crippen LogP contribution is 2.29. The average Bonchev–Trinajstić information content (AvgIpc) is 2.45. The van der Waals surface area contributed by atoms with Crippen molar-refractivity contribution in [1.82, 2.24) is 4.98 Å². The van der Waals surface area contributed by atoms with Crippen molar-refractivity contribution in [3.63, 3.8) is 0 Å². The van der Waals surface area contributed by atoms with Gasteiger partial charge in [0.1, 0.15) is 0 Å². The van der Waals surface area contributed by atoms with Crippen LogP contribution in [0.4, 0.5) is 0 Å². The Bertz CT molecular complexity index is 392. The average molecular weight is 186 g/mol. The van der Waals surface area contributed by atoms with E-state index in [1.54, 1.807) is 6.07 Å². The number of halogens is 2. The smallest absolute Gasteiger partial charge is 0.0833 e. The van der Waals surface area contributed by atoms with Gasteiger partial charge in [-0.1, -0.05) is 29.3 Å². The molecule has 1 N–H and O–H groups in total. The third-order valence-corrected chi connectivity index (χ3v) is 2.42. The first-order valence-electron chi connectivity index (χ1n) is 3.20. The van der Waals surface area contributed by atoms with Crippen molar-refractivity contribution < 1.29 is 0 Å². The normalized spacial score (nSPS) is 10.7. The van der Waals surface area contributed by atoms with Gasteiger partial charge in [0.25, 0.3) is 0 Å². The lowest BCUT2D eigenvalue weighted by molar-refractivity contribution is 1.48. The number of aromatic nitrogens is 1. The molecule has 0 spiro atoms. The summed E-state index contributed by atoms with van der Waals surface area (Å²) in [7, 11) is 0. The van der Waals surface area contributed by atoms with Crippen LogP contribution < -0.4 is 0 Å². The second-order valence-corrected chi connectivity index (χ2v) is 3.09. The van der Waals surface area contributed by atoms with Crippen LogP contribution in [0.15, 0.2) is 24.4 Å². The van der Waals surface area contributed by atoms with Crippen LogP contribution in [-0.4, -0.2) is 4.98 Å². The second-order valence-electron chi connectivity index (χ2n) is 2.30. The van der Waals surface area contributed by atoms with Gasteiger partial charge in [-0.25, -0.2) is 0 Å². The van der Waals surface area contributed by atoms with Gasteiger partial charge in [-0.05, 0) is 12.1 Å². The van der Waals surface area contributed by atoms with Crippen LogP contribution in [0.5, 0.6) is 0 Å². The number of hydrogen-bond acceptors (Lipinski definition) is 0. The monoisotopic (exact) mass is 185 g/mol. The van der Waals surface area contributed by atoms with E-state index < -0.39 is 0 Å². The molecule has 0 saturated heterocycles. The lowest BCUT2D eigenvalue weighted by Crippen LogP contribution is -1.71. The van der Waals surface area contributed by atoms with E-state index in [0.717, 1.165) is 10.9 Å². The van der Waals surface area contributed by atoms with Crippen molar-refractivity contribution in [2.45, 2.75) is 0 Å². The first-order valence-corrected chi connectivity index (χ1v) is 3.96. The molecule has 0 bridgehead atoms. The van der Waals surface area contributed by atoms with Crippen molar-refractivity contribution in [2.24, 2.45) is 0 Å². The van der Waals surface area contributed by atoms with Gasteiger partial charge >= 0.3 is 0 Å². The Morgan fingerprint density at radius 1 is 1.09 bits per heavy atom. The maximum atomic E-state index is 5.90. The first kappa shape index (κ1) is 7.01. The number of rotatable bonds is 0. The SMILES string of the molecule is Clc1ccc2cc[nH]c2c1Cl. The van der Waals surface area contributed by atoms with Crippen LogP contribution >= 0.6 is 23.2 Å². The summed E-state index contributed by atoms with van der Waals surface area (Å²) < 4.78 is 0. The number of nitrogens with one attached hydrogen (secondary N) is 1. The highest BCUT2D eigenvalue weighted by molar-refractivity contribution is 6.45. The summed E-state index contributed by atoms with van der Waals surface area (Å²) in [5.41, 5.74) is 0.902. The maximum absolute atomic E-state index is 5.90. The molecular weight excluding hydrogens is 181 g/mol. The van der Waals surface area contributed by atoms with Crippen molar-refractivity contribution in [3.8, 4) is 0 Å². The molecule has 0 aliphatic heterocycles. The van der Waals surface area contributed by atoms with E-state index >= 15 is 0 Å². The minimum Gasteiger partial charge on any atom is -0.360 e. The number of hydrogen-bond donors (Lipinski definition) is 1. The van der Waals surface area contributed by atoms with Crippen LogP contribution in [0.3, 0.4) is 0 Å². The van der Waals surface area contributed by atoms with Crippen LogP contribution in [0, 0.1) is 0 Å². The van der Waals surface area contributed by atoms with Gasteiger partial charge in [0, 0.05) is 11.6 Å². The molecule has 56 valence electrons. The minimum absolute atomic E-state index is 0.585. The molecule has 2 rings (SSSR count). The molecule has 0 aliphatic rings. The number of H-pyrrole nitrogens is 1. The Morgan fingerprint density at radius 2 is 1.91 bits per heavy atom. The van der Waals surface area contributed by atoms with Gasteiger partial charge in [0.05, 0.1) is 15.6 Å². The zero-order valence-electron chi connectivity index (χ0n) is 5.57. The fourth-order valence-electron chi connectivity index (χ4n) is 1.07. The van der Waals surface area contributed by atoms with E-state index in [2.05, 4.69) is 4.98 Å². The van der Waals surface area contributed by atoms with Gasteiger partial charge in [-0.15, -0.1) is 0 Å². The van der Waals surface area contributed by atoms with E-state index in [1.807, 2.05) is 18.3 Å². The Labute approximate surface area is 73.9 Å². The lowest BCUT2D eigenvalue weighted by atomic mass is 10.2.